The van der Waals surface area contributed by atoms with E-state index in [2.05, 4.69) is 20.6 Å². The number of pyridine rings is 1. The molecule has 1 unspecified atom stereocenters. The van der Waals surface area contributed by atoms with Gasteiger partial charge in [-0.1, -0.05) is 6.07 Å². The molecule has 7 nitrogen and oxygen atoms in total. The van der Waals surface area contributed by atoms with E-state index in [-0.39, 0.29) is 18.2 Å². The summed E-state index contributed by atoms with van der Waals surface area (Å²) in [7, 11) is 0. The maximum absolute atomic E-state index is 12.0. The second-order valence-electron chi connectivity index (χ2n) is 5.62. The molecule has 0 aliphatic rings. The van der Waals surface area contributed by atoms with Crippen molar-refractivity contribution < 1.29 is 9.53 Å². The Morgan fingerprint density at radius 2 is 2.17 bits per heavy atom. The van der Waals surface area contributed by atoms with Gasteiger partial charge < -0.3 is 19.9 Å². The summed E-state index contributed by atoms with van der Waals surface area (Å²) in [6.07, 6.45) is 7.01. The molecule has 2 rings (SSSR count). The van der Waals surface area contributed by atoms with Crippen LogP contribution in [-0.4, -0.2) is 32.7 Å². The first-order valence-corrected chi connectivity index (χ1v) is 7.65. The highest BCUT2D eigenvalue weighted by molar-refractivity contribution is 5.74. The lowest BCUT2D eigenvalue weighted by molar-refractivity contribution is 0.227. The molecule has 2 amide bonds. The first kappa shape index (κ1) is 16.8. The molecular formula is C16H23N5O2. The van der Waals surface area contributed by atoms with Crippen LogP contribution in [-0.2, 0) is 13.1 Å². The summed E-state index contributed by atoms with van der Waals surface area (Å²) in [4.78, 5) is 20.2. The molecule has 7 heteroatoms. The number of carbonyl (C=O) groups excluding carboxylic acids is 1. The van der Waals surface area contributed by atoms with Gasteiger partial charge in [0.05, 0.1) is 12.4 Å². The molecule has 1 atom stereocenters. The summed E-state index contributed by atoms with van der Waals surface area (Å²) in [5, 5.41) is 5.72. The Morgan fingerprint density at radius 3 is 2.87 bits per heavy atom. The second kappa shape index (κ2) is 8.17. The molecule has 0 radical (unpaired) electrons. The van der Waals surface area contributed by atoms with E-state index in [1.54, 1.807) is 18.7 Å². The molecule has 2 heterocycles. The quantitative estimate of drug-likeness (QED) is 0.818. The number of urea groups is 1. The van der Waals surface area contributed by atoms with Gasteiger partial charge in [-0.15, -0.1) is 0 Å². The van der Waals surface area contributed by atoms with Gasteiger partial charge in [-0.25, -0.2) is 14.8 Å². The van der Waals surface area contributed by atoms with Gasteiger partial charge >= 0.3 is 6.03 Å². The normalized spacial score (nSPS) is 12.0. The number of aromatic nitrogens is 3. The van der Waals surface area contributed by atoms with Crippen LogP contribution >= 0.6 is 0 Å². The Balaban J connectivity index is 1.82. The summed E-state index contributed by atoms with van der Waals surface area (Å²) in [5.41, 5.74) is 0.846. The van der Waals surface area contributed by atoms with Crippen molar-refractivity contribution in [2.75, 3.05) is 0 Å². The van der Waals surface area contributed by atoms with Gasteiger partial charge in [0.15, 0.2) is 0 Å². The molecule has 2 aromatic rings. The zero-order valence-electron chi connectivity index (χ0n) is 13.7. The highest BCUT2D eigenvalue weighted by atomic mass is 16.5. The maximum atomic E-state index is 12.0. The summed E-state index contributed by atoms with van der Waals surface area (Å²) in [6.45, 7) is 6.85. The van der Waals surface area contributed by atoms with Gasteiger partial charge in [0.1, 0.15) is 0 Å². The molecule has 0 saturated carbocycles. The second-order valence-corrected chi connectivity index (χ2v) is 5.62. The van der Waals surface area contributed by atoms with E-state index in [0.29, 0.717) is 19.0 Å². The van der Waals surface area contributed by atoms with E-state index in [1.165, 1.54) is 0 Å². The van der Waals surface area contributed by atoms with Crippen LogP contribution in [0.2, 0.25) is 0 Å². The summed E-state index contributed by atoms with van der Waals surface area (Å²) < 4.78 is 7.55. The first-order valence-electron chi connectivity index (χ1n) is 7.65. The van der Waals surface area contributed by atoms with Crippen molar-refractivity contribution in [3.8, 4) is 5.88 Å². The van der Waals surface area contributed by atoms with Gasteiger partial charge in [0.2, 0.25) is 5.88 Å². The van der Waals surface area contributed by atoms with Crippen molar-refractivity contribution in [1.29, 1.82) is 0 Å². The Kier molecular flexibility index (Phi) is 5.96. The van der Waals surface area contributed by atoms with Crippen molar-refractivity contribution in [1.82, 2.24) is 25.2 Å². The molecule has 0 fully saturated rings. The molecule has 2 aromatic heterocycles. The number of carbonyl (C=O) groups is 1. The fraction of sp³-hybridized carbons (Fsp3) is 0.438. The van der Waals surface area contributed by atoms with E-state index in [1.807, 2.05) is 43.7 Å². The third-order valence-electron chi connectivity index (χ3n) is 3.06. The third kappa shape index (κ3) is 5.61. The molecule has 0 spiro atoms. The van der Waals surface area contributed by atoms with Crippen LogP contribution in [0.4, 0.5) is 4.79 Å². The highest BCUT2D eigenvalue weighted by Crippen LogP contribution is 2.15. The first-order chi connectivity index (χ1) is 11.0. The predicted molar refractivity (Wildman–Crippen MR) is 87.1 cm³/mol. The molecule has 0 saturated heterocycles. The fourth-order valence-corrected chi connectivity index (χ4v) is 2.09. The Hall–Kier alpha value is -2.57. The summed E-state index contributed by atoms with van der Waals surface area (Å²) >= 11 is 0. The minimum atomic E-state index is -0.225. The number of nitrogens with zero attached hydrogens (tertiary/aromatic N) is 3. The summed E-state index contributed by atoms with van der Waals surface area (Å²) in [6, 6.07) is 3.48. The molecule has 2 N–H and O–H groups in total. The lowest BCUT2D eigenvalue weighted by atomic mass is 10.2. The number of ether oxygens (including phenoxy) is 1. The smallest absolute Gasteiger partial charge is 0.315 e. The molecule has 23 heavy (non-hydrogen) atoms. The van der Waals surface area contributed by atoms with Crippen molar-refractivity contribution in [3.05, 3.63) is 42.6 Å². The van der Waals surface area contributed by atoms with Gasteiger partial charge in [0, 0.05) is 43.3 Å². The average Bonchev–Trinajstić information content (AvgIpc) is 2.98. The minimum Gasteiger partial charge on any atom is -0.475 e. The largest absolute Gasteiger partial charge is 0.475 e. The van der Waals surface area contributed by atoms with Crippen LogP contribution in [0.3, 0.4) is 0 Å². The fourth-order valence-electron chi connectivity index (χ4n) is 2.09. The van der Waals surface area contributed by atoms with E-state index >= 15 is 0 Å². The topological polar surface area (TPSA) is 81.1 Å². The van der Waals surface area contributed by atoms with Crippen LogP contribution < -0.4 is 15.4 Å². The average molecular weight is 317 g/mol. The van der Waals surface area contributed by atoms with E-state index < -0.39 is 0 Å². The Morgan fingerprint density at radius 1 is 1.35 bits per heavy atom. The number of nitrogens with one attached hydrogen (secondary N) is 2. The lowest BCUT2D eigenvalue weighted by Gasteiger charge is -2.16. The molecule has 0 aromatic carbocycles. The Bertz CT molecular complexity index is 613. The van der Waals surface area contributed by atoms with E-state index in [0.717, 1.165) is 5.56 Å². The molecule has 0 aliphatic heterocycles. The predicted octanol–water partition coefficient (Wildman–Crippen LogP) is 1.95. The van der Waals surface area contributed by atoms with Crippen LogP contribution in [0.1, 0.15) is 26.3 Å². The Labute approximate surface area is 136 Å². The molecule has 124 valence electrons. The molecular weight excluding hydrogens is 294 g/mol. The van der Waals surface area contributed by atoms with Gasteiger partial charge in [-0.05, 0) is 26.8 Å². The maximum Gasteiger partial charge on any atom is 0.315 e. The standard InChI is InChI=1S/C16H23N5O2/c1-12(2)23-15-14(5-4-6-18-15)9-19-16(22)20-13(3)10-21-8-7-17-11-21/h4-8,11-13H,9-10H2,1-3H3,(H2,19,20,22). The summed E-state index contributed by atoms with van der Waals surface area (Å²) in [5.74, 6) is 0.550. The molecule has 0 bridgehead atoms. The zero-order valence-corrected chi connectivity index (χ0v) is 13.7. The van der Waals surface area contributed by atoms with Crippen molar-refractivity contribution >= 4 is 6.03 Å². The number of imidazole rings is 1. The SMILES string of the molecule is CC(Cn1ccnc1)NC(=O)NCc1cccnc1OC(C)C. The van der Waals surface area contributed by atoms with Crippen molar-refractivity contribution in [2.24, 2.45) is 0 Å². The van der Waals surface area contributed by atoms with Gasteiger partial charge in [-0.3, -0.25) is 0 Å². The van der Waals surface area contributed by atoms with Crippen LogP contribution in [0.15, 0.2) is 37.1 Å². The zero-order chi connectivity index (χ0) is 16.7. The number of hydrogen-bond acceptors (Lipinski definition) is 4. The highest BCUT2D eigenvalue weighted by Gasteiger charge is 2.10. The van der Waals surface area contributed by atoms with Gasteiger partial charge in [0.25, 0.3) is 0 Å². The van der Waals surface area contributed by atoms with E-state index in [4.69, 9.17) is 4.74 Å². The van der Waals surface area contributed by atoms with Crippen molar-refractivity contribution in [3.63, 3.8) is 0 Å². The number of rotatable bonds is 7. The monoisotopic (exact) mass is 317 g/mol. The van der Waals surface area contributed by atoms with Crippen molar-refractivity contribution in [2.45, 2.75) is 46.0 Å². The van der Waals surface area contributed by atoms with Gasteiger partial charge in [-0.2, -0.15) is 0 Å². The van der Waals surface area contributed by atoms with E-state index in [9.17, 15) is 4.79 Å². The number of amides is 2. The van der Waals surface area contributed by atoms with Crippen LogP contribution in [0.5, 0.6) is 5.88 Å². The number of hydrogen-bond donors (Lipinski definition) is 2. The van der Waals surface area contributed by atoms with Crippen LogP contribution in [0.25, 0.3) is 0 Å². The van der Waals surface area contributed by atoms with Crippen LogP contribution in [0, 0.1) is 0 Å². The third-order valence-corrected chi connectivity index (χ3v) is 3.06. The lowest BCUT2D eigenvalue weighted by Crippen LogP contribution is -2.42. The molecule has 0 aliphatic carbocycles. The minimum absolute atomic E-state index is 0.00974.